The van der Waals surface area contributed by atoms with E-state index in [-0.39, 0.29) is 42.0 Å². The molecule has 0 saturated carbocycles. The van der Waals surface area contributed by atoms with Gasteiger partial charge in [0, 0.05) is 15.3 Å². The molecule has 0 amide bonds. The summed E-state index contributed by atoms with van der Waals surface area (Å²) < 4.78 is 4.60. The number of methoxy groups -OCH3 is 1. The fraction of sp³-hybridized carbons (Fsp3) is 0.833. The van der Waals surface area contributed by atoms with Crippen LogP contribution < -0.4 is 29.6 Å². The summed E-state index contributed by atoms with van der Waals surface area (Å²) in [5, 5.41) is -0.172. The molecule has 0 saturated heterocycles. The third-order valence-corrected chi connectivity index (χ3v) is 2.74. The Morgan fingerprint density at radius 3 is 2.30 bits per heavy atom. The second-order valence-electron chi connectivity index (χ2n) is 2.73. The van der Waals surface area contributed by atoms with Crippen LogP contribution in [0.1, 0.15) is 21.7 Å². The predicted molar refractivity (Wildman–Crippen MR) is 41.7 cm³/mol. The van der Waals surface area contributed by atoms with E-state index in [9.17, 15) is 4.79 Å². The molecule has 4 heteroatoms. The van der Waals surface area contributed by atoms with Crippen LogP contribution in [-0.4, -0.2) is 23.3 Å². The van der Waals surface area contributed by atoms with Crippen LogP contribution in [0.15, 0.2) is 0 Å². The Labute approximate surface area is 88.9 Å². The average molecular weight is 170 g/mol. The Morgan fingerprint density at radius 2 is 2.20 bits per heavy atom. The second-order valence-corrected chi connectivity index (χ2v) is 4.94. The van der Waals surface area contributed by atoms with Crippen molar-refractivity contribution in [2.45, 2.75) is 25.3 Å². The number of carbonyl (C=O) groups is 1. The van der Waals surface area contributed by atoms with Gasteiger partial charge in [-0.1, -0.05) is 13.8 Å². The van der Waals surface area contributed by atoms with E-state index in [4.69, 9.17) is 0 Å². The largest absolute Gasteiger partial charge is 1.00 e. The van der Waals surface area contributed by atoms with Crippen LogP contribution in [-0.2, 0) is 9.53 Å². The van der Waals surface area contributed by atoms with Crippen molar-refractivity contribution in [3.8, 4) is 0 Å². The quantitative estimate of drug-likeness (QED) is 0.331. The molecule has 0 bridgehead atoms. The van der Waals surface area contributed by atoms with Crippen molar-refractivity contribution in [1.29, 1.82) is 0 Å². The van der Waals surface area contributed by atoms with Gasteiger partial charge in [0.05, 0.1) is 7.11 Å². The molecule has 1 atom stereocenters. The third kappa shape index (κ3) is 3.76. The minimum Gasteiger partial charge on any atom is -1.00 e. The van der Waals surface area contributed by atoms with Gasteiger partial charge in [-0.15, -0.1) is 0 Å². The van der Waals surface area contributed by atoms with E-state index in [2.05, 4.69) is 4.74 Å². The van der Waals surface area contributed by atoms with Crippen molar-refractivity contribution < 1.29 is 40.5 Å². The molecule has 0 spiro atoms. The van der Waals surface area contributed by atoms with Gasteiger partial charge in [-0.05, 0) is 6.42 Å². The molecule has 0 aliphatic rings. The van der Waals surface area contributed by atoms with E-state index in [1.54, 1.807) is 0 Å². The summed E-state index contributed by atoms with van der Waals surface area (Å²) in [7, 11) is 2.31. The molecule has 2 nitrogen and oxygen atoms in total. The maximum Gasteiger partial charge on any atom is 1.00 e. The zero-order chi connectivity index (χ0) is 7.49. The summed E-state index contributed by atoms with van der Waals surface area (Å²) in [6, 6.07) is 0. The monoisotopic (exact) mass is 170 g/mol. The van der Waals surface area contributed by atoms with Crippen LogP contribution in [0, 0.1) is 0 Å². The van der Waals surface area contributed by atoms with Crippen molar-refractivity contribution >= 4 is 16.2 Å². The van der Waals surface area contributed by atoms with Gasteiger partial charge in [0.1, 0.15) is 0 Å². The van der Waals surface area contributed by atoms with Gasteiger partial charge in [0.25, 0.3) is 0 Å². The summed E-state index contributed by atoms with van der Waals surface area (Å²) in [6.45, 7) is 3.94. The van der Waals surface area contributed by atoms with E-state index >= 15 is 0 Å². The topological polar surface area (TPSA) is 26.3 Å². The summed E-state index contributed by atoms with van der Waals surface area (Å²) in [5.74, 6) is -0.0725. The number of ether oxygens (including phenoxy) is 1. The van der Waals surface area contributed by atoms with Crippen molar-refractivity contribution in [3.05, 3.63) is 0 Å². The Hall–Kier alpha value is 0.687. The number of hydrogen-bond donors (Lipinski definition) is 0. The minimum atomic E-state index is -0.172. The first-order chi connectivity index (χ1) is 4.04. The van der Waals surface area contributed by atoms with Gasteiger partial charge in [-0.2, -0.15) is 0 Å². The fourth-order valence-corrected chi connectivity index (χ4v) is 0.625. The number of esters is 1. The van der Waals surface area contributed by atoms with Gasteiger partial charge in [-0.25, -0.2) is 0 Å². The van der Waals surface area contributed by atoms with E-state index in [1.807, 2.05) is 13.8 Å². The Balaban J connectivity index is -0.000000320. The molecule has 0 heterocycles. The maximum atomic E-state index is 10.9. The van der Waals surface area contributed by atoms with Gasteiger partial charge < -0.3 is 6.16 Å². The minimum absolute atomic E-state index is 0. The average Bonchev–Trinajstić information content (AvgIpc) is 1.86. The third-order valence-electron chi connectivity index (χ3n) is 1.62. The summed E-state index contributed by atoms with van der Waals surface area (Å²) in [5.41, 5.74) is 0. The standard InChI is InChI=1S/C6H14O2Si.Na.H/c1-4-6(2,9)5(7)8-3;;/h4H2,1-3,9H3;;/q;+1;-1. The zero-order valence-corrected chi connectivity index (χ0v) is 11.5. The smallest absolute Gasteiger partial charge is 1.00 e. The van der Waals surface area contributed by atoms with Gasteiger partial charge in [0.15, 0.2) is 0 Å². The van der Waals surface area contributed by atoms with Crippen LogP contribution in [0.5, 0.6) is 0 Å². The number of hydrogen-bond acceptors (Lipinski definition) is 2. The molecule has 0 aliphatic heterocycles. The van der Waals surface area contributed by atoms with Crippen molar-refractivity contribution in [1.82, 2.24) is 0 Å². The van der Waals surface area contributed by atoms with Crippen LogP contribution in [0.2, 0.25) is 5.04 Å². The normalized spacial score (nSPS) is 15.1. The molecule has 1 unspecified atom stereocenters. The molecule has 56 valence electrons. The van der Waals surface area contributed by atoms with Gasteiger partial charge >= 0.3 is 35.5 Å². The van der Waals surface area contributed by atoms with Crippen LogP contribution in [0.4, 0.5) is 0 Å². The first kappa shape index (κ1) is 13.3. The molecule has 10 heavy (non-hydrogen) atoms. The van der Waals surface area contributed by atoms with E-state index < -0.39 is 0 Å². The molecule has 0 aromatic carbocycles. The molecule has 0 aromatic rings. The Kier molecular flexibility index (Phi) is 7.11. The van der Waals surface area contributed by atoms with E-state index in [1.165, 1.54) is 7.11 Å². The SMILES string of the molecule is CCC(C)([SiH3])C(=O)OC.[H-].[Na+]. The molecule has 0 aliphatic carbocycles. The second kappa shape index (κ2) is 5.35. The van der Waals surface area contributed by atoms with E-state index in [0.29, 0.717) is 0 Å². The van der Waals surface area contributed by atoms with Crippen molar-refractivity contribution in [3.63, 3.8) is 0 Å². The Bertz CT molecular complexity index is 119. The van der Waals surface area contributed by atoms with Gasteiger partial charge in [0.2, 0.25) is 0 Å². The molecular formula is C6H15NaO2Si. The summed E-state index contributed by atoms with van der Waals surface area (Å²) in [6.07, 6.45) is 0.881. The molecule has 0 radical (unpaired) electrons. The van der Waals surface area contributed by atoms with Gasteiger partial charge in [-0.3, -0.25) is 4.79 Å². The fourth-order valence-electron chi connectivity index (χ4n) is 0.421. The zero-order valence-electron chi connectivity index (χ0n) is 8.52. The first-order valence-electron chi connectivity index (χ1n) is 3.13. The number of rotatable bonds is 2. The van der Waals surface area contributed by atoms with Crippen LogP contribution >= 0.6 is 0 Å². The Morgan fingerprint density at radius 1 is 1.80 bits per heavy atom. The molecule has 0 fully saturated rings. The molecule has 0 N–H and O–H groups in total. The molecular weight excluding hydrogens is 155 g/mol. The van der Waals surface area contributed by atoms with Crippen molar-refractivity contribution in [2.75, 3.05) is 7.11 Å². The van der Waals surface area contributed by atoms with E-state index in [0.717, 1.165) is 16.7 Å². The molecule has 0 rings (SSSR count). The summed E-state index contributed by atoms with van der Waals surface area (Å²) >= 11 is 0. The molecule has 0 aromatic heterocycles. The summed E-state index contributed by atoms with van der Waals surface area (Å²) in [4.78, 5) is 10.9. The predicted octanol–water partition coefficient (Wildman–Crippen LogP) is -2.77. The van der Waals surface area contributed by atoms with Crippen molar-refractivity contribution in [2.24, 2.45) is 0 Å². The van der Waals surface area contributed by atoms with Crippen LogP contribution in [0.25, 0.3) is 0 Å². The number of carbonyl (C=O) groups excluding carboxylic acids is 1. The van der Waals surface area contributed by atoms with Crippen LogP contribution in [0.3, 0.4) is 0 Å². The first-order valence-corrected chi connectivity index (χ1v) is 4.13. The maximum absolute atomic E-state index is 10.9.